The number of ether oxygens (including phenoxy) is 1. The standard InChI is InChI=1S/C15H14ClNO5/c16-14-4-3-13(22-14)15(19)17-5-7-20-9-10(17)8-11(18)12-2-1-6-21-12/h1-4,6,10H,5,7-9H2/t10-/m1/s1. The molecule has 6 nitrogen and oxygen atoms in total. The minimum absolute atomic E-state index is 0.133. The Kier molecular flexibility index (Phi) is 4.31. The summed E-state index contributed by atoms with van der Waals surface area (Å²) in [7, 11) is 0. The Morgan fingerprint density at radius 3 is 2.82 bits per heavy atom. The summed E-state index contributed by atoms with van der Waals surface area (Å²) in [4.78, 5) is 26.2. The highest BCUT2D eigenvalue weighted by molar-refractivity contribution is 6.29. The molecule has 1 aliphatic heterocycles. The van der Waals surface area contributed by atoms with Gasteiger partial charge in [-0.3, -0.25) is 9.59 Å². The minimum Gasteiger partial charge on any atom is -0.461 e. The number of hydrogen-bond donors (Lipinski definition) is 0. The van der Waals surface area contributed by atoms with Crippen molar-refractivity contribution in [1.82, 2.24) is 4.90 Å². The molecule has 1 fully saturated rings. The molecule has 7 heteroatoms. The summed E-state index contributed by atoms with van der Waals surface area (Å²) in [6, 6.07) is 5.93. The zero-order valence-corrected chi connectivity index (χ0v) is 12.4. The van der Waals surface area contributed by atoms with E-state index < -0.39 is 0 Å². The van der Waals surface area contributed by atoms with Gasteiger partial charge in [-0.15, -0.1) is 0 Å². The number of Topliss-reactive ketones (excluding diaryl/α,β-unsaturated/α-hetero) is 1. The lowest BCUT2D eigenvalue weighted by Gasteiger charge is -2.34. The van der Waals surface area contributed by atoms with E-state index in [2.05, 4.69) is 0 Å². The van der Waals surface area contributed by atoms with Gasteiger partial charge in [0.25, 0.3) is 5.91 Å². The fraction of sp³-hybridized carbons (Fsp3) is 0.333. The second-order valence-corrected chi connectivity index (χ2v) is 5.31. The van der Waals surface area contributed by atoms with Crippen molar-refractivity contribution in [1.29, 1.82) is 0 Å². The molecular weight excluding hydrogens is 310 g/mol. The maximum Gasteiger partial charge on any atom is 0.290 e. The van der Waals surface area contributed by atoms with Crippen molar-refractivity contribution in [2.24, 2.45) is 0 Å². The van der Waals surface area contributed by atoms with Crippen molar-refractivity contribution < 1.29 is 23.2 Å². The van der Waals surface area contributed by atoms with E-state index in [0.717, 1.165) is 0 Å². The van der Waals surface area contributed by atoms with Gasteiger partial charge in [-0.2, -0.15) is 0 Å². The van der Waals surface area contributed by atoms with Gasteiger partial charge in [0.15, 0.2) is 22.5 Å². The van der Waals surface area contributed by atoms with Crippen LogP contribution >= 0.6 is 11.6 Å². The van der Waals surface area contributed by atoms with Gasteiger partial charge in [0.1, 0.15) is 0 Å². The maximum absolute atomic E-state index is 12.5. The topological polar surface area (TPSA) is 72.9 Å². The van der Waals surface area contributed by atoms with Crippen LogP contribution in [-0.2, 0) is 4.74 Å². The molecule has 0 unspecified atom stereocenters. The van der Waals surface area contributed by atoms with Crippen molar-refractivity contribution in [2.75, 3.05) is 19.8 Å². The van der Waals surface area contributed by atoms with E-state index in [1.807, 2.05) is 0 Å². The first-order chi connectivity index (χ1) is 10.6. The average molecular weight is 324 g/mol. The number of ketones is 1. The summed E-state index contributed by atoms with van der Waals surface area (Å²) >= 11 is 5.70. The third-order valence-corrected chi connectivity index (χ3v) is 3.69. The minimum atomic E-state index is -0.359. The SMILES string of the molecule is O=C(C[C@@H]1COCCN1C(=O)c1ccc(Cl)o1)c1ccco1. The van der Waals surface area contributed by atoms with Crippen molar-refractivity contribution in [2.45, 2.75) is 12.5 Å². The molecule has 0 N–H and O–H groups in total. The van der Waals surface area contributed by atoms with Crippen LogP contribution in [-0.4, -0.2) is 42.4 Å². The molecule has 0 saturated carbocycles. The highest BCUT2D eigenvalue weighted by atomic mass is 35.5. The fourth-order valence-corrected chi connectivity index (χ4v) is 2.56. The van der Waals surface area contributed by atoms with Crippen molar-refractivity contribution in [3.05, 3.63) is 47.3 Å². The lowest BCUT2D eigenvalue weighted by Crippen LogP contribution is -2.49. The quantitative estimate of drug-likeness (QED) is 0.809. The third-order valence-electron chi connectivity index (χ3n) is 3.49. The van der Waals surface area contributed by atoms with E-state index in [-0.39, 0.29) is 40.9 Å². The molecule has 1 amide bonds. The largest absolute Gasteiger partial charge is 0.461 e. The maximum atomic E-state index is 12.5. The van der Waals surface area contributed by atoms with Crippen molar-refractivity contribution in [3.63, 3.8) is 0 Å². The monoisotopic (exact) mass is 323 g/mol. The van der Waals surface area contributed by atoms with Crippen LogP contribution in [0.1, 0.15) is 27.5 Å². The molecule has 0 radical (unpaired) electrons. The van der Waals surface area contributed by atoms with Gasteiger partial charge >= 0.3 is 0 Å². The van der Waals surface area contributed by atoms with Gasteiger partial charge in [0, 0.05) is 13.0 Å². The molecule has 3 heterocycles. The molecule has 2 aromatic rings. The smallest absolute Gasteiger partial charge is 0.290 e. The lowest BCUT2D eigenvalue weighted by molar-refractivity contribution is -0.00452. The Balaban J connectivity index is 1.73. The Hall–Kier alpha value is -2.05. The van der Waals surface area contributed by atoms with Crippen molar-refractivity contribution >= 4 is 23.3 Å². The Bertz CT molecular complexity index is 663. The first kappa shape index (κ1) is 14.9. The summed E-state index contributed by atoms with van der Waals surface area (Å²) in [6.45, 7) is 1.12. The first-order valence-corrected chi connectivity index (χ1v) is 7.23. The molecule has 1 saturated heterocycles. The highest BCUT2D eigenvalue weighted by Crippen LogP contribution is 2.20. The average Bonchev–Trinajstić information content (AvgIpc) is 3.18. The molecule has 0 bridgehead atoms. The van der Waals surface area contributed by atoms with Crippen molar-refractivity contribution in [3.8, 4) is 0 Å². The van der Waals surface area contributed by atoms with E-state index >= 15 is 0 Å². The summed E-state index contributed by atoms with van der Waals surface area (Å²) in [5.41, 5.74) is 0. The predicted octanol–water partition coefficient (Wildman–Crippen LogP) is 2.64. The number of nitrogens with zero attached hydrogens (tertiary/aromatic N) is 1. The molecule has 0 aliphatic carbocycles. The summed E-state index contributed by atoms with van der Waals surface area (Å²) in [5, 5.41) is 0.153. The number of rotatable bonds is 4. The molecule has 116 valence electrons. The third kappa shape index (κ3) is 3.08. The van der Waals surface area contributed by atoms with Crippen LogP contribution in [0, 0.1) is 0 Å². The Morgan fingerprint density at radius 2 is 2.14 bits per heavy atom. The van der Waals surface area contributed by atoms with Crippen LogP contribution in [0.2, 0.25) is 5.22 Å². The number of hydrogen-bond acceptors (Lipinski definition) is 5. The van der Waals surface area contributed by atoms with Gasteiger partial charge in [-0.25, -0.2) is 0 Å². The molecule has 22 heavy (non-hydrogen) atoms. The number of amides is 1. The van der Waals surface area contributed by atoms with Gasteiger partial charge < -0.3 is 18.5 Å². The lowest BCUT2D eigenvalue weighted by atomic mass is 10.1. The van der Waals surface area contributed by atoms with E-state index in [4.69, 9.17) is 25.2 Å². The Morgan fingerprint density at radius 1 is 1.27 bits per heavy atom. The first-order valence-electron chi connectivity index (χ1n) is 6.86. The van der Waals surface area contributed by atoms with E-state index in [1.165, 1.54) is 18.4 Å². The second kappa shape index (κ2) is 6.37. The zero-order valence-electron chi connectivity index (χ0n) is 11.7. The second-order valence-electron chi connectivity index (χ2n) is 4.94. The van der Waals surface area contributed by atoms with Gasteiger partial charge in [-0.1, -0.05) is 0 Å². The zero-order chi connectivity index (χ0) is 15.5. The molecule has 3 rings (SSSR count). The summed E-state index contributed by atoms with van der Waals surface area (Å²) in [6.07, 6.45) is 1.58. The van der Waals surface area contributed by atoms with Crippen LogP contribution < -0.4 is 0 Å². The molecule has 1 aliphatic rings. The normalized spacial score (nSPS) is 18.4. The number of morpholine rings is 1. The van der Waals surface area contributed by atoms with Crippen LogP contribution in [0.5, 0.6) is 0 Å². The number of furan rings is 2. The number of carbonyl (C=O) groups is 2. The summed E-state index contributed by atoms with van der Waals surface area (Å²) < 4.78 is 15.6. The highest BCUT2D eigenvalue weighted by Gasteiger charge is 2.32. The number of carbonyl (C=O) groups excluding carboxylic acids is 2. The van der Waals surface area contributed by atoms with Crippen LogP contribution in [0.15, 0.2) is 39.4 Å². The fourth-order valence-electron chi connectivity index (χ4n) is 2.41. The molecule has 0 aromatic carbocycles. The van der Waals surface area contributed by atoms with Crippen LogP contribution in [0.25, 0.3) is 0 Å². The summed E-state index contributed by atoms with van der Waals surface area (Å²) in [5.74, 6) is -0.0374. The molecule has 2 aromatic heterocycles. The van der Waals surface area contributed by atoms with Gasteiger partial charge in [0.2, 0.25) is 0 Å². The van der Waals surface area contributed by atoms with Crippen LogP contribution in [0.4, 0.5) is 0 Å². The Labute approximate surface area is 131 Å². The molecule has 1 atom stereocenters. The van der Waals surface area contributed by atoms with Gasteiger partial charge in [0.05, 0.1) is 25.5 Å². The number of halogens is 1. The van der Waals surface area contributed by atoms with E-state index in [0.29, 0.717) is 19.8 Å². The van der Waals surface area contributed by atoms with E-state index in [1.54, 1.807) is 17.0 Å². The van der Waals surface area contributed by atoms with Gasteiger partial charge in [-0.05, 0) is 35.9 Å². The van der Waals surface area contributed by atoms with E-state index in [9.17, 15) is 9.59 Å². The molecule has 0 spiro atoms. The van der Waals surface area contributed by atoms with Crippen LogP contribution in [0.3, 0.4) is 0 Å². The molecular formula is C15H14ClNO5. The predicted molar refractivity (Wildman–Crippen MR) is 77.0 cm³/mol.